The lowest BCUT2D eigenvalue weighted by Gasteiger charge is -2.19. The second kappa shape index (κ2) is 5.19. The number of rotatable bonds is 3. The van der Waals surface area contributed by atoms with Crippen molar-refractivity contribution in [3.8, 4) is 0 Å². The number of carbonyl (C=O) groups is 1. The third-order valence-corrected chi connectivity index (χ3v) is 4.16. The average molecular weight is 295 g/mol. The van der Waals surface area contributed by atoms with Crippen LogP contribution in [0.2, 0.25) is 0 Å². The van der Waals surface area contributed by atoms with Crippen LogP contribution in [0.25, 0.3) is 0 Å². The Morgan fingerprint density at radius 3 is 3.05 bits per heavy atom. The van der Waals surface area contributed by atoms with Gasteiger partial charge in [0.25, 0.3) is 5.91 Å². The van der Waals surface area contributed by atoms with E-state index in [9.17, 15) is 4.79 Å². The van der Waals surface area contributed by atoms with Crippen molar-refractivity contribution >= 4 is 34.6 Å². The normalized spacial score (nSPS) is 18.7. The molecule has 2 aromatic heterocycles. The zero-order valence-corrected chi connectivity index (χ0v) is 11.5. The van der Waals surface area contributed by atoms with E-state index in [4.69, 9.17) is 16.0 Å². The lowest BCUT2D eigenvalue weighted by atomic mass is 10.1. The van der Waals surface area contributed by atoms with Crippen molar-refractivity contribution in [1.82, 2.24) is 5.01 Å². The van der Waals surface area contributed by atoms with E-state index in [0.29, 0.717) is 12.2 Å². The number of nitrogens with zero attached hydrogens (tertiary/aromatic N) is 2. The van der Waals surface area contributed by atoms with Gasteiger partial charge < -0.3 is 4.42 Å². The molecule has 4 nitrogen and oxygen atoms in total. The molecule has 1 aliphatic heterocycles. The third kappa shape index (κ3) is 2.31. The second-order valence-electron chi connectivity index (χ2n) is 4.13. The van der Waals surface area contributed by atoms with Gasteiger partial charge in [0, 0.05) is 11.3 Å². The number of amides is 1. The predicted octanol–water partition coefficient (Wildman–Crippen LogP) is 3.26. The van der Waals surface area contributed by atoms with Crippen LogP contribution in [0.4, 0.5) is 0 Å². The van der Waals surface area contributed by atoms with Crippen LogP contribution in [0.1, 0.15) is 23.1 Å². The summed E-state index contributed by atoms with van der Waals surface area (Å²) in [5.74, 6) is 0.435. The fourth-order valence-electron chi connectivity index (χ4n) is 2.10. The van der Waals surface area contributed by atoms with Gasteiger partial charge in [0.15, 0.2) is 0 Å². The molecule has 0 spiro atoms. The monoisotopic (exact) mass is 294 g/mol. The smallest absolute Gasteiger partial charge is 0.258 e. The molecule has 0 saturated heterocycles. The Morgan fingerprint density at radius 1 is 1.53 bits per heavy atom. The van der Waals surface area contributed by atoms with E-state index in [0.717, 1.165) is 10.6 Å². The minimum atomic E-state index is -0.193. The molecule has 0 aliphatic carbocycles. The molecule has 0 aromatic carbocycles. The van der Waals surface area contributed by atoms with Gasteiger partial charge in [-0.1, -0.05) is 6.07 Å². The number of hydrazone groups is 1. The Kier molecular flexibility index (Phi) is 3.40. The molecule has 6 heteroatoms. The predicted molar refractivity (Wildman–Crippen MR) is 74.5 cm³/mol. The zero-order valence-electron chi connectivity index (χ0n) is 9.95. The van der Waals surface area contributed by atoms with Gasteiger partial charge in [-0.25, -0.2) is 5.01 Å². The summed E-state index contributed by atoms with van der Waals surface area (Å²) < 4.78 is 5.35. The first kappa shape index (κ1) is 12.4. The molecule has 0 bridgehead atoms. The van der Waals surface area contributed by atoms with Crippen LogP contribution in [0, 0.1) is 0 Å². The molecule has 19 heavy (non-hydrogen) atoms. The van der Waals surface area contributed by atoms with Crippen molar-refractivity contribution in [3.05, 3.63) is 46.5 Å². The van der Waals surface area contributed by atoms with Gasteiger partial charge in [0.05, 0.1) is 12.3 Å². The summed E-state index contributed by atoms with van der Waals surface area (Å²) in [6.45, 7) is 0. The maximum Gasteiger partial charge on any atom is 0.258 e. The maximum atomic E-state index is 11.9. The number of hydrogen-bond acceptors (Lipinski definition) is 4. The van der Waals surface area contributed by atoms with Crippen LogP contribution in [-0.2, 0) is 4.79 Å². The molecule has 3 heterocycles. The SMILES string of the molecule is O=C(CCl)N1N=C(c2ccco2)CC1c1cccs1. The molecule has 0 radical (unpaired) electrons. The minimum absolute atomic E-state index is 0.0726. The number of thiophene rings is 1. The third-order valence-electron chi connectivity index (χ3n) is 2.96. The summed E-state index contributed by atoms with van der Waals surface area (Å²) in [4.78, 5) is 13.0. The van der Waals surface area contributed by atoms with Gasteiger partial charge in [0.2, 0.25) is 0 Å². The fraction of sp³-hybridized carbons (Fsp3) is 0.231. The molecule has 98 valence electrons. The Morgan fingerprint density at radius 2 is 2.42 bits per heavy atom. The van der Waals surface area contributed by atoms with Gasteiger partial charge in [0.1, 0.15) is 17.4 Å². The zero-order chi connectivity index (χ0) is 13.2. The van der Waals surface area contributed by atoms with Crippen LogP contribution in [0.15, 0.2) is 45.4 Å². The maximum absolute atomic E-state index is 11.9. The van der Waals surface area contributed by atoms with Gasteiger partial charge in [-0.05, 0) is 23.6 Å². The van der Waals surface area contributed by atoms with Gasteiger partial charge in [-0.2, -0.15) is 5.10 Å². The van der Waals surface area contributed by atoms with E-state index in [1.165, 1.54) is 5.01 Å². The van der Waals surface area contributed by atoms with Crippen LogP contribution in [0.5, 0.6) is 0 Å². The number of alkyl halides is 1. The highest BCUT2D eigenvalue weighted by molar-refractivity contribution is 7.10. The molecule has 3 rings (SSSR count). The van der Waals surface area contributed by atoms with Crippen molar-refractivity contribution < 1.29 is 9.21 Å². The number of halogens is 1. The Bertz CT molecular complexity index is 592. The van der Waals surface area contributed by atoms with Crippen molar-refractivity contribution in [2.45, 2.75) is 12.5 Å². The van der Waals surface area contributed by atoms with Crippen LogP contribution < -0.4 is 0 Å². The van der Waals surface area contributed by atoms with Crippen molar-refractivity contribution in [2.24, 2.45) is 5.10 Å². The van der Waals surface area contributed by atoms with E-state index < -0.39 is 0 Å². The van der Waals surface area contributed by atoms with Crippen LogP contribution in [-0.4, -0.2) is 22.5 Å². The highest BCUT2D eigenvalue weighted by Gasteiger charge is 2.34. The van der Waals surface area contributed by atoms with E-state index >= 15 is 0 Å². The van der Waals surface area contributed by atoms with Gasteiger partial charge in [-0.15, -0.1) is 22.9 Å². The van der Waals surface area contributed by atoms with E-state index in [-0.39, 0.29) is 17.8 Å². The number of carbonyl (C=O) groups excluding carboxylic acids is 1. The molecule has 0 saturated carbocycles. The Balaban J connectivity index is 1.93. The summed E-state index contributed by atoms with van der Waals surface area (Å²) in [6, 6.07) is 7.55. The lowest BCUT2D eigenvalue weighted by Crippen LogP contribution is -2.27. The van der Waals surface area contributed by atoms with Crippen molar-refractivity contribution in [2.75, 3.05) is 5.88 Å². The number of furan rings is 1. The highest BCUT2D eigenvalue weighted by Crippen LogP contribution is 2.35. The first-order chi connectivity index (χ1) is 9.29. The fourth-order valence-corrected chi connectivity index (χ4v) is 3.03. The quantitative estimate of drug-likeness (QED) is 0.816. The molecule has 1 amide bonds. The topological polar surface area (TPSA) is 45.8 Å². The number of hydrogen-bond donors (Lipinski definition) is 0. The molecule has 2 aromatic rings. The minimum Gasteiger partial charge on any atom is -0.463 e. The van der Waals surface area contributed by atoms with Crippen LogP contribution >= 0.6 is 22.9 Å². The summed E-state index contributed by atoms with van der Waals surface area (Å²) in [5.41, 5.74) is 0.780. The molecule has 1 atom stereocenters. The molecule has 1 unspecified atom stereocenters. The second-order valence-corrected chi connectivity index (χ2v) is 5.38. The van der Waals surface area contributed by atoms with E-state index in [1.807, 2.05) is 29.6 Å². The van der Waals surface area contributed by atoms with Gasteiger partial charge >= 0.3 is 0 Å². The Hall–Kier alpha value is -1.59. The molecule has 1 aliphatic rings. The van der Waals surface area contributed by atoms with Crippen molar-refractivity contribution in [1.29, 1.82) is 0 Å². The van der Waals surface area contributed by atoms with E-state index in [1.54, 1.807) is 17.6 Å². The van der Waals surface area contributed by atoms with Gasteiger partial charge in [-0.3, -0.25) is 4.79 Å². The lowest BCUT2D eigenvalue weighted by molar-refractivity contribution is -0.130. The van der Waals surface area contributed by atoms with E-state index in [2.05, 4.69) is 5.10 Å². The largest absolute Gasteiger partial charge is 0.463 e. The average Bonchev–Trinajstić information content (AvgIpc) is 3.14. The molecule has 0 fully saturated rings. The molecular weight excluding hydrogens is 284 g/mol. The summed E-state index contributed by atoms with van der Waals surface area (Å²) >= 11 is 7.26. The molecule has 0 N–H and O–H groups in total. The Labute approximate surface area is 119 Å². The summed E-state index contributed by atoms with van der Waals surface area (Å²) in [6.07, 6.45) is 2.25. The molecular formula is C13H11ClN2O2S. The van der Waals surface area contributed by atoms with Crippen LogP contribution in [0.3, 0.4) is 0 Å². The standard InChI is InChI=1S/C13H11ClN2O2S/c14-8-13(17)16-10(12-4-2-6-19-12)7-9(15-16)11-3-1-5-18-11/h1-6,10H,7-8H2. The first-order valence-electron chi connectivity index (χ1n) is 5.82. The highest BCUT2D eigenvalue weighted by atomic mass is 35.5. The first-order valence-corrected chi connectivity index (χ1v) is 7.24. The summed E-state index contributed by atoms with van der Waals surface area (Å²) in [7, 11) is 0. The summed E-state index contributed by atoms with van der Waals surface area (Å²) in [5, 5.41) is 7.83. The van der Waals surface area contributed by atoms with Crippen molar-refractivity contribution in [3.63, 3.8) is 0 Å².